The van der Waals surface area contributed by atoms with Gasteiger partial charge in [-0.15, -0.1) is 0 Å². The quantitative estimate of drug-likeness (QED) is 0.863. The molecule has 6 nitrogen and oxygen atoms in total. The standard InChI is InChI=1S/C17H22N2O4/c1-3-7-18-15(20)12-5-4-6-13(8-12)16(21)19-9-11(2)14(10-19)17(22)23/h4-6,8,11,14H,3,7,9-10H2,1-2H3,(H,18,20)(H,22,23)/t11-,14-/m1/s1. The molecule has 2 N–H and O–H groups in total. The minimum atomic E-state index is -0.875. The first kappa shape index (κ1) is 17.0. The number of rotatable bonds is 5. The van der Waals surface area contributed by atoms with Gasteiger partial charge < -0.3 is 15.3 Å². The van der Waals surface area contributed by atoms with Crippen LogP contribution in [0.4, 0.5) is 0 Å². The third-order valence-electron chi connectivity index (χ3n) is 4.12. The predicted octanol–water partition coefficient (Wildman–Crippen LogP) is 1.62. The third kappa shape index (κ3) is 3.88. The fourth-order valence-electron chi connectivity index (χ4n) is 2.77. The minimum absolute atomic E-state index is 0.0764. The number of likely N-dealkylation sites (tertiary alicyclic amines) is 1. The van der Waals surface area contributed by atoms with Crippen LogP contribution < -0.4 is 5.32 Å². The van der Waals surface area contributed by atoms with Crippen molar-refractivity contribution in [2.24, 2.45) is 11.8 Å². The summed E-state index contributed by atoms with van der Waals surface area (Å²) in [5.74, 6) is -1.92. The molecule has 0 radical (unpaired) electrons. The fourth-order valence-corrected chi connectivity index (χ4v) is 2.77. The van der Waals surface area contributed by atoms with Crippen molar-refractivity contribution < 1.29 is 19.5 Å². The Kier molecular flexibility index (Phi) is 5.36. The van der Waals surface area contributed by atoms with E-state index in [1.807, 2.05) is 13.8 Å². The first-order valence-corrected chi connectivity index (χ1v) is 7.84. The molecular formula is C17H22N2O4. The van der Waals surface area contributed by atoms with E-state index in [1.165, 1.54) is 0 Å². The van der Waals surface area contributed by atoms with Crippen LogP contribution in [0.5, 0.6) is 0 Å². The van der Waals surface area contributed by atoms with Crippen molar-refractivity contribution in [3.05, 3.63) is 35.4 Å². The number of carbonyl (C=O) groups is 3. The normalized spacial score (nSPS) is 20.3. The smallest absolute Gasteiger partial charge is 0.308 e. The van der Waals surface area contributed by atoms with Crippen molar-refractivity contribution in [2.75, 3.05) is 19.6 Å². The van der Waals surface area contributed by atoms with E-state index >= 15 is 0 Å². The van der Waals surface area contributed by atoms with Gasteiger partial charge in [-0.25, -0.2) is 0 Å². The highest BCUT2D eigenvalue weighted by molar-refractivity contribution is 6.00. The second kappa shape index (κ2) is 7.26. The molecule has 1 fully saturated rings. The molecule has 0 saturated carbocycles. The number of carboxylic acid groups (broad SMARTS) is 1. The van der Waals surface area contributed by atoms with Gasteiger partial charge in [0, 0.05) is 30.8 Å². The second-order valence-corrected chi connectivity index (χ2v) is 5.97. The molecule has 6 heteroatoms. The Bertz CT molecular complexity index is 614. The van der Waals surface area contributed by atoms with Crippen LogP contribution in [0.25, 0.3) is 0 Å². The molecular weight excluding hydrogens is 296 g/mol. The third-order valence-corrected chi connectivity index (χ3v) is 4.12. The predicted molar refractivity (Wildman–Crippen MR) is 85.3 cm³/mol. The summed E-state index contributed by atoms with van der Waals surface area (Å²) in [6.07, 6.45) is 0.840. The Balaban J connectivity index is 2.11. The highest BCUT2D eigenvalue weighted by Crippen LogP contribution is 2.24. The molecule has 1 aromatic rings. The summed E-state index contributed by atoms with van der Waals surface area (Å²) in [4.78, 5) is 37.2. The van der Waals surface area contributed by atoms with Crippen LogP contribution in [0.2, 0.25) is 0 Å². The van der Waals surface area contributed by atoms with E-state index in [-0.39, 0.29) is 24.3 Å². The van der Waals surface area contributed by atoms with Crippen molar-refractivity contribution in [1.29, 1.82) is 0 Å². The van der Waals surface area contributed by atoms with Gasteiger partial charge in [-0.1, -0.05) is 19.9 Å². The number of benzene rings is 1. The highest BCUT2D eigenvalue weighted by Gasteiger charge is 2.37. The fraction of sp³-hybridized carbons (Fsp3) is 0.471. The molecule has 0 unspecified atom stereocenters. The van der Waals surface area contributed by atoms with Crippen molar-refractivity contribution in [3.63, 3.8) is 0 Å². The van der Waals surface area contributed by atoms with Crippen LogP contribution in [0.1, 0.15) is 41.0 Å². The highest BCUT2D eigenvalue weighted by atomic mass is 16.4. The lowest BCUT2D eigenvalue weighted by Gasteiger charge is -2.16. The lowest BCUT2D eigenvalue weighted by Crippen LogP contribution is -2.30. The zero-order chi connectivity index (χ0) is 17.0. The molecule has 124 valence electrons. The Hall–Kier alpha value is -2.37. The monoisotopic (exact) mass is 318 g/mol. The minimum Gasteiger partial charge on any atom is -0.481 e. The Labute approximate surface area is 135 Å². The second-order valence-electron chi connectivity index (χ2n) is 5.97. The summed E-state index contributed by atoms with van der Waals surface area (Å²) in [6.45, 7) is 5.01. The Morgan fingerprint density at radius 3 is 2.57 bits per heavy atom. The first-order chi connectivity index (χ1) is 10.9. The van der Waals surface area contributed by atoms with Crippen molar-refractivity contribution >= 4 is 17.8 Å². The number of carbonyl (C=O) groups excluding carboxylic acids is 2. The lowest BCUT2D eigenvalue weighted by molar-refractivity contribution is -0.142. The average molecular weight is 318 g/mol. The van der Waals surface area contributed by atoms with Crippen LogP contribution >= 0.6 is 0 Å². The summed E-state index contributed by atoms with van der Waals surface area (Å²) >= 11 is 0. The first-order valence-electron chi connectivity index (χ1n) is 7.84. The van der Waals surface area contributed by atoms with E-state index in [2.05, 4.69) is 5.32 Å². The van der Waals surface area contributed by atoms with Gasteiger partial charge in [-0.3, -0.25) is 14.4 Å². The van der Waals surface area contributed by atoms with Crippen LogP contribution in [0.15, 0.2) is 24.3 Å². The molecule has 1 heterocycles. The van der Waals surface area contributed by atoms with Gasteiger partial charge in [0.2, 0.25) is 0 Å². The van der Waals surface area contributed by atoms with Crippen LogP contribution in [-0.4, -0.2) is 47.4 Å². The molecule has 1 aromatic carbocycles. The van der Waals surface area contributed by atoms with Gasteiger partial charge in [0.25, 0.3) is 11.8 Å². The number of amides is 2. The maximum atomic E-state index is 12.6. The van der Waals surface area contributed by atoms with E-state index in [4.69, 9.17) is 5.11 Å². The summed E-state index contributed by atoms with van der Waals surface area (Å²) in [5.41, 5.74) is 0.846. The maximum Gasteiger partial charge on any atom is 0.308 e. The lowest BCUT2D eigenvalue weighted by atomic mass is 9.99. The number of hydrogen-bond acceptors (Lipinski definition) is 3. The Morgan fingerprint density at radius 1 is 1.26 bits per heavy atom. The van der Waals surface area contributed by atoms with Gasteiger partial charge in [0.15, 0.2) is 0 Å². The average Bonchev–Trinajstić information content (AvgIpc) is 2.94. The molecule has 2 rings (SSSR count). The van der Waals surface area contributed by atoms with E-state index in [0.29, 0.717) is 24.2 Å². The van der Waals surface area contributed by atoms with Gasteiger partial charge >= 0.3 is 5.97 Å². The van der Waals surface area contributed by atoms with E-state index < -0.39 is 11.9 Å². The van der Waals surface area contributed by atoms with Gasteiger partial charge in [-0.05, 0) is 30.5 Å². The van der Waals surface area contributed by atoms with Crippen LogP contribution in [0, 0.1) is 11.8 Å². The largest absolute Gasteiger partial charge is 0.481 e. The van der Waals surface area contributed by atoms with Gasteiger partial charge in [-0.2, -0.15) is 0 Å². The van der Waals surface area contributed by atoms with Gasteiger partial charge in [0.05, 0.1) is 5.92 Å². The van der Waals surface area contributed by atoms with Gasteiger partial charge in [0.1, 0.15) is 0 Å². The zero-order valence-corrected chi connectivity index (χ0v) is 13.4. The summed E-state index contributed by atoms with van der Waals surface area (Å²) in [7, 11) is 0. The molecule has 1 saturated heterocycles. The molecule has 0 spiro atoms. The van der Waals surface area contributed by atoms with E-state index in [9.17, 15) is 14.4 Å². The molecule has 0 bridgehead atoms. The number of hydrogen-bond donors (Lipinski definition) is 2. The molecule has 2 atom stereocenters. The van der Waals surface area contributed by atoms with Crippen LogP contribution in [0.3, 0.4) is 0 Å². The topological polar surface area (TPSA) is 86.7 Å². The maximum absolute atomic E-state index is 12.6. The molecule has 0 aromatic heterocycles. The number of carboxylic acids is 1. The number of aliphatic carboxylic acids is 1. The van der Waals surface area contributed by atoms with E-state index in [1.54, 1.807) is 29.2 Å². The molecule has 2 amide bonds. The Morgan fingerprint density at radius 2 is 1.96 bits per heavy atom. The van der Waals surface area contributed by atoms with Crippen molar-refractivity contribution in [2.45, 2.75) is 20.3 Å². The number of nitrogens with one attached hydrogen (secondary N) is 1. The summed E-state index contributed by atoms with van der Waals surface area (Å²) < 4.78 is 0. The van der Waals surface area contributed by atoms with Crippen molar-refractivity contribution in [3.8, 4) is 0 Å². The SMILES string of the molecule is CCCNC(=O)c1cccc(C(=O)N2C[C@@H](C)[C@H](C(=O)O)C2)c1. The molecule has 1 aliphatic heterocycles. The summed E-state index contributed by atoms with van der Waals surface area (Å²) in [6, 6.07) is 6.54. The van der Waals surface area contributed by atoms with Crippen LogP contribution in [-0.2, 0) is 4.79 Å². The molecule has 1 aliphatic rings. The zero-order valence-electron chi connectivity index (χ0n) is 13.4. The number of nitrogens with zero attached hydrogens (tertiary/aromatic N) is 1. The molecule has 0 aliphatic carbocycles. The van der Waals surface area contributed by atoms with Crippen molar-refractivity contribution in [1.82, 2.24) is 10.2 Å². The van der Waals surface area contributed by atoms with E-state index in [0.717, 1.165) is 6.42 Å². The molecule has 23 heavy (non-hydrogen) atoms. The summed E-state index contributed by atoms with van der Waals surface area (Å²) in [5, 5.41) is 11.9.